The predicted molar refractivity (Wildman–Crippen MR) is 146 cm³/mol. The summed E-state index contributed by atoms with van der Waals surface area (Å²) >= 11 is 0. The summed E-state index contributed by atoms with van der Waals surface area (Å²) in [6, 6.07) is 13.4. The van der Waals surface area contributed by atoms with Gasteiger partial charge < -0.3 is 21.1 Å². The molecule has 0 unspecified atom stereocenters. The van der Waals surface area contributed by atoms with Crippen LogP contribution in [0.4, 0.5) is 10.2 Å². The van der Waals surface area contributed by atoms with E-state index in [2.05, 4.69) is 9.97 Å². The fourth-order valence-corrected chi connectivity index (χ4v) is 5.08. The van der Waals surface area contributed by atoms with E-state index >= 15 is 4.39 Å². The average Bonchev–Trinajstić information content (AvgIpc) is 3.70. The zero-order valence-corrected chi connectivity index (χ0v) is 21.7. The van der Waals surface area contributed by atoms with Crippen LogP contribution in [0.5, 0.6) is 11.5 Å². The fraction of sp³-hybridized carbons (Fsp3) is 0.276. The minimum Gasteiger partial charge on any atom is -0.457 e. The molecule has 40 heavy (non-hydrogen) atoms. The van der Waals surface area contributed by atoms with Crippen molar-refractivity contribution in [1.82, 2.24) is 24.6 Å². The summed E-state index contributed by atoms with van der Waals surface area (Å²) in [6.07, 6.45) is 6.31. The fourth-order valence-electron chi connectivity index (χ4n) is 5.08. The molecule has 6 rings (SSSR count). The Morgan fingerprint density at radius 2 is 1.85 bits per heavy atom. The lowest BCUT2D eigenvalue weighted by Crippen LogP contribution is -2.43. The lowest BCUT2D eigenvalue weighted by molar-refractivity contribution is -0.131. The Balaban J connectivity index is 1.33. The number of carbonyl (C=O) groups is 2. The largest absolute Gasteiger partial charge is 0.457 e. The Kier molecular flexibility index (Phi) is 6.63. The van der Waals surface area contributed by atoms with Gasteiger partial charge in [0, 0.05) is 24.7 Å². The lowest BCUT2D eigenvalue weighted by atomic mass is 10.0. The number of hydrogen-bond acceptors (Lipinski definition) is 7. The molecule has 1 saturated heterocycles. The van der Waals surface area contributed by atoms with Gasteiger partial charge in [-0.15, -0.1) is 0 Å². The number of piperidine rings is 1. The van der Waals surface area contributed by atoms with Crippen molar-refractivity contribution in [2.24, 2.45) is 11.7 Å². The number of benzene rings is 2. The Morgan fingerprint density at radius 1 is 1.05 bits per heavy atom. The predicted octanol–water partition coefficient (Wildman–Crippen LogP) is 3.99. The number of ether oxygens (including phenoxy) is 1. The summed E-state index contributed by atoms with van der Waals surface area (Å²) in [5, 5.41) is 5.18. The zero-order valence-electron chi connectivity index (χ0n) is 21.7. The second-order valence-electron chi connectivity index (χ2n) is 10.1. The lowest BCUT2D eigenvalue weighted by Gasteiger charge is -2.33. The van der Waals surface area contributed by atoms with Crippen LogP contribution in [0.25, 0.3) is 22.3 Å². The normalized spacial score (nSPS) is 17.7. The molecular weight excluding hydrogens is 513 g/mol. The Bertz CT molecular complexity index is 1630. The minimum absolute atomic E-state index is 0.0283. The monoisotopic (exact) mass is 541 g/mol. The maximum Gasteiger partial charge on any atom is 0.259 e. The molecule has 2 aliphatic rings. The number of halogens is 1. The average molecular weight is 542 g/mol. The van der Waals surface area contributed by atoms with Crippen molar-refractivity contribution in [2.75, 3.05) is 18.8 Å². The summed E-state index contributed by atoms with van der Waals surface area (Å²) in [4.78, 5) is 35.5. The first-order chi connectivity index (χ1) is 19.4. The van der Waals surface area contributed by atoms with Crippen molar-refractivity contribution in [3.63, 3.8) is 0 Å². The van der Waals surface area contributed by atoms with Gasteiger partial charge in [0.25, 0.3) is 11.8 Å². The third-order valence-corrected chi connectivity index (χ3v) is 7.24. The molecule has 0 radical (unpaired) electrons. The molecule has 4 aromatic rings. The maximum atomic E-state index is 15.5. The number of hydrogen-bond donors (Lipinski definition) is 2. The van der Waals surface area contributed by atoms with Crippen molar-refractivity contribution in [3.8, 4) is 22.8 Å². The van der Waals surface area contributed by atoms with Crippen molar-refractivity contribution in [1.29, 1.82) is 0 Å². The maximum absolute atomic E-state index is 15.5. The highest BCUT2D eigenvalue weighted by molar-refractivity contribution is 6.17. The smallest absolute Gasteiger partial charge is 0.259 e. The van der Waals surface area contributed by atoms with E-state index in [1.165, 1.54) is 12.4 Å². The molecule has 2 fully saturated rings. The van der Waals surface area contributed by atoms with E-state index in [0.717, 1.165) is 12.8 Å². The number of nitrogens with two attached hydrogens (primary N) is 2. The topological polar surface area (TPSA) is 142 Å². The van der Waals surface area contributed by atoms with Crippen molar-refractivity contribution < 1.29 is 18.7 Å². The Morgan fingerprint density at radius 3 is 2.58 bits per heavy atom. The van der Waals surface area contributed by atoms with E-state index in [1.54, 1.807) is 39.9 Å². The second-order valence-corrected chi connectivity index (χ2v) is 10.1. The molecule has 3 heterocycles. The third-order valence-electron chi connectivity index (χ3n) is 7.24. The number of rotatable bonds is 7. The van der Waals surface area contributed by atoms with Crippen LogP contribution in [-0.2, 0) is 9.59 Å². The van der Waals surface area contributed by atoms with E-state index in [9.17, 15) is 9.59 Å². The van der Waals surface area contributed by atoms with Crippen LogP contribution in [0.1, 0.15) is 31.7 Å². The minimum atomic E-state index is -0.721. The number of aromatic nitrogens is 4. The van der Waals surface area contributed by atoms with Crippen LogP contribution in [0.15, 0.2) is 66.5 Å². The van der Waals surface area contributed by atoms with Gasteiger partial charge in [0.05, 0.1) is 11.4 Å². The number of amides is 2. The van der Waals surface area contributed by atoms with E-state index in [-0.39, 0.29) is 34.8 Å². The summed E-state index contributed by atoms with van der Waals surface area (Å²) in [6.45, 7) is 0.784. The molecule has 2 amide bonds. The molecule has 0 bridgehead atoms. The summed E-state index contributed by atoms with van der Waals surface area (Å²) < 4.78 is 22.9. The van der Waals surface area contributed by atoms with Crippen molar-refractivity contribution in [3.05, 3.63) is 72.3 Å². The molecule has 11 heteroatoms. The molecular formula is C29H28FN7O3. The van der Waals surface area contributed by atoms with Gasteiger partial charge in [0.1, 0.15) is 40.7 Å². The van der Waals surface area contributed by atoms with Crippen LogP contribution in [0, 0.1) is 11.7 Å². The number of allylic oxidation sites excluding steroid dienone is 1. The number of carbonyl (C=O) groups excluding carboxylic acids is 2. The summed E-state index contributed by atoms with van der Waals surface area (Å²) in [5.41, 5.74) is 12.8. The number of nitrogen functional groups attached to an aromatic ring is 1. The van der Waals surface area contributed by atoms with E-state index in [0.29, 0.717) is 54.2 Å². The Hall–Kier alpha value is -4.80. The van der Waals surface area contributed by atoms with Crippen LogP contribution < -0.4 is 16.2 Å². The van der Waals surface area contributed by atoms with Gasteiger partial charge in [0.15, 0.2) is 5.65 Å². The SMILES string of the molecule is NC(=O)/C(=C\C1CC1)C(=O)N1CCC[C@H](n2nc(-c3ccc(Oc4ccccc4)cc3F)c3c(N)ncnc32)C1. The first-order valence-electron chi connectivity index (χ1n) is 13.2. The van der Waals surface area contributed by atoms with E-state index < -0.39 is 11.7 Å². The number of nitrogens with zero attached hydrogens (tertiary/aromatic N) is 5. The van der Waals surface area contributed by atoms with Gasteiger partial charge in [-0.1, -0.05) is 24.3 Å². The highest BCUT2D eigenvalue weighted by atomic mass is 19.1. The molecule has 2 aromatic heterocycles. The molecule has 10 nitrogen and oxygen atoms in total. The van der Waals surface area contributed by atoms with Crippen LogP contribution in [-0.4, -0.2) is 49.6 Å². The third kappa shape index (κ3) is 4.97. The van der Waals surface area contributed by atoms with Gasteiger partial charge in [-0.05, 0) is 55.9 Å². The zero-order chi connectivity index (χ0) is 27.8. The number of fused-ring (bicyclic) bond motifs is 1. The molecule has 2 aromatic carbocycles. The standard InChI is InChI=1S/C29H28FN7O3/c30-23-14-20(40-19-6-2-1-3-7-19)10-11-21(23)25-24-26(31)33-16-34-28(24)37(35-25)18-5-4-12-36(15-18)29(39)22(27(32)38)13-17-8-9-17/h1-3,6-7,10-11,13-14,16-18H,4-5,8-9,12,15H2,(H2,32,38)(H2,31,33,34)/b22-13+/t18-/m0/s1. The van der Waals surface area contributed by atoms with Crippen LogP contribution in [0.2, 0.25) is 0 Å². The first-order valence-corrected chi connectivity index (χ1v) is 13.2. The molecule has 1 atom stereocenters. The first kappa shape index (κ1) is 25.5. The number of para-hydroxylation sites is 1. The summed E-state index contributed by atoms with van der Waals surface area (Å²) in [5.74, 6) is -0.321. The van der Waals surface area contributed by atoms with E-state index in [4.69, 9.17) is 21.3 Å². The molecule has 4 N–H and O–H groups in total. The molecule has 0 spiro atoms. The van der Waals surface area contributed by atoms with Gasteiger partial charge >= 0.3 is 0 Å². The number of anilines is 1. The van der Waals surface area contributed by atoms with Crippen LogP contribution >= 0.6 is 0 Å². The van der Waals surface area contributed by atoms with Gasteiger partial charge in [0.2, 0.25) is 0 Å². The van der Waals surface area contributed by atoms with Gasteiger partial charge in [-0.3, -0.25) is 9.59 Å². The molecule has 1 saturated carbocycles. The van der Waals surface area contributed by atoms with Gasteiger partial charge in [-0.2, -0.15) is 5.10 Å². The van der Waals surface area contributed by atoms with Crippen molar-refractivity contribution >= 4 is 28.7 Å². The highest BCUT2D eigenvalue weighted by Crippen LogP contribution is 2.37. The summed E-state index contributed by atoms with van der Waals surface area (Å²) in [7, 11) is 0. The molecule has 1 aliphatic carbocycles. The van der Waals surface area contributed by atoms with E-state index in [1.807, 2.05) is 18.2 Å². The number of likely N-dealkylation sites (tertiary alicyclic amines) is 1. The highest BCUT2D eigenvalue weighted by Gasteiger charge is 2.33. The second kappa shape index (κ2) is 10.4. The Labute approximate surface area is 229 Å². The van der Waals surface area contributed by atoms with Crippen molar-refractivity contribution in [2.45, 2.75) is 31.7 Å². The van der Waals surface area contributed by atoms with Crippen LogP contribution in [0.3, 0.4) is 0 Å². The van der Waals surface area contributed by atoms with Gasteiger partial charge in [-0.25, -0.2) is 19.0 Å². The molecule has 1 aliphatic heterocycles. The number of primary amides is 1. The molecule has 204 valence electrons. The quantitative estimate of drug-likeness (QED) is 0.205.